The Morgan fingerprint density at radius 1 is 1.14 bits per heavy atom. The Balaban J connectivity index is 1.18. The standard InChI is InChI=1S/C37H52F2N4O6/c1-20(2)31(44)30-21(3)13-15-43(30)34(46)28(19-36(4,5)6)42-35(47)49-29-17-22-16-25(22)24(29)10-8-9-14-37(38,39)32-33(45)41-27-18-23(48-7)11-12-26(27)40-32/h11-12,18,20-22,24-25,28-30H,8-10,13-17,19H2,1-7H3,(H,41,45)(H,42,47). The maximum absolute atomic E-state index is 15.2. The number of H-pyrrole nitrogens is 1. The number of alkyl halides is 2. The van der Waals surface area contributed by atoms with Crippen LogP contribution in [0.3, 0.4) is 0 Å². The molecule has 2 aromatic rings. The van der Waals surface area contributed by atoms with Crippen LogP contribution in [0.2, 0.25) is 0 Å². The van der Waals surface area contributed by atoms with E-state index in [0.717, 1.165) is 12.8 Å². The van der Waals surface area contributed by atoms with E-state index in [1.54, 1.807) is 17.0 Å². The topological polar surface area (TPSA) is 131 Å². The van der Waals surface area contributed by atoms with Gasteiger partial charge in [0.15, 0.2) is 11.5 Å². The number of carbonyl (C=O) groups excluding carboxylic acids is 3. The molecule has 49 heavy (non-hydrogen) atoms. The highest BCUT2D eigenvalue weighted by molar-refractivity contribution is 5.93. The van der Waals surface area contributed by atoms with E-state index in [0.29, 0.717) is 55.3 Å². The Kier molecular flexibility index (Phi) is 10.7. The predicted molar refractivity (Wildman–Crippen MR) is 181 cm³/mol. The van der Waals surface area contributed by atoms with Gasteiger partial charge < -0.3 is 24.7 Å². The van der Waals surface area contributed by atoms with E-state index in [1.165, 1.54) is 13.2 Å². The number of hydrogen-bond acceptors (Lipinski definition) is 7. The van der Waals surface area contributed by atoms with Gasteiger partial charge in [0.1, 0.15) is 17.9 Å². The minimum absolute atomic E-state index is 0.0302. The molecule has 3 fully saturated rings. The van der Waals surface area contributed by atoms with Crippen molar-refractivity contribution in [3.8, 4) is 5.75 Å². The largest absolute Gasteiger partial charge is 0.497 e. The third-order valence-corrected chi connectivity index (χ3v) is 10.6. The number of benzene rings is 1. The van der Waals surface area contributed by atoms with Crippen LogP contribution in [0.15, 0.2) is 23.0 Å². The number of nitrogens with one attached hydrogen (secondary N) is 2. The van der Waals surface area contributed by atoms with Crippen molar-refractivity contribution in [1.82, 2.24) is 20.2 Å². The number of halogens is 2. The number of likely N-dealkylation sites (tertiary alicyclic amines) is 1. The van der Waals surface area contributed by atoms with Gasteiger partial charge in [-0.05, 0) is 79.7 Å². The van der Waals surface area contributed by atoms with Crippen LogP contribution in [-0.4, -0.2) is 64.5 Å². The molecule has 7 atom stereocenters. The van der Waals surface area contributed by atoms with Gasteiger partial charge in [-0.1, -0.05) is 48.0 Å². The van der Waals surface area contributed by atoms with Crippen molar-refractivity contribution in [2.75, 3.05) is 13.7 Å². The summed E-state index contributed by atoms with van der Waals surface area (Å²) in [5, 5.41) is 2.85. The summed E-state index contributed by atoms with van der Waals surface area (Å²) in [6.45, 7) is 12.1. The number of alkyl carbamates (subject to hydrolysis) is 1. The third kappa shape index (κ3) is 8.43. The first-order chi connectivity index (χ1) is 23.0. The molecule has 7 unspecified atom stereocenters. The van der Waals surface area contributed by atoms with Crippen LogP contribution in [-0.2, 0) is 20.2 Å². The van der Waals surface area contributed by atoms with Crippen molar-refractivity contribution >= 4 is 28.8 Å². The maximum Gasteiger partial charge on any atom is 0.408 e. The van der Waals surface area contributed by atoms with Crippen molar-refractivity contribution in [2.45, 2.75) is 117 Å². The first kappa shape index (κ1) is 36.7. The van der Waals surface area contributed by atoms with E-state index in [2.05, 4.69) is 15.3 Å². The van der Waals surface area contributed by atoms with Gasteiger partial charge in [-0.2, -0.15) is 8.78 Å². The summed E-state index contributed by atoms with van der Waals surface area (Å²) in [6.07, 6.45) is 2.58. The summed E-state index contributed by atoms with van der Waals surface area (Å²) in [7, 11) is 1.48. The molecule has 2 saturated carbocycles. The molecule has 270 valence electrons. The van der Waals surface area contributed by atoms with Gasteiger partial charge in [-0.25, -0.2) is 9.78 Å². The zero-order valence-corrected chi connectivity index (χ0v) is 29.8. The third-order valence-electron chi connectivity index (χ3n) is 10.6. The molecule has 0 spiro atoms. The molecule has 1 aromatic heterocycles. The van der Waals surface area contributed by atoms with Crippen LogP contribution in [0, 0.1) is 35.0 Å². The lowest BCUT2D eigenvalue weighted by molar-refractivity contribution is -0.141. The van der Waals surface area contributed by atoms with E-state index < -0.39 is 41.8 Å². The molecule has 2 N–H and O–H groups in total. The number of amides is 2. The molecular formula is C37H52F2N4O6. The van der Waals surface area contributed by atoms with Crippen LogP contribution in [0.5, 0.6) is 5.75 Å². The van der Waals surface area contributed by atoms with E-state index in [9.17, 15) is 19.2 Å². The fourth-order valence-electron chi connectivity index (χ4n) is 7.93. The Bertz CT molecular complexity index is 1600. The number of fused-ring (bicyclic) bond motifs is 2. The number of carbonyl (C=O) groups is 3. The average molecular weight is 687 g/mol. The van der Waals surface area contributed by atoms with Crippen LogP contribution >= 0.6 is 0 Å². The molecule has 0 bridgehead atoms. The summed E-state index contributed by atoms with van der Waals surface area (Å²) in [4.78, 5) is 60.9. The SMILES string of the molecule is COc1ccc2nc(C(F)(F)CCCCC3C(OC(=O)NC(CC(C)(C)C)C(=O)N4CCC(C)C4C(=O)C(C)C)CC4CC43)c(=O)[nH]c2c1. The fraction of sp³-hybridized carbons (Fsp3) is 0.703. The minimum Gasteiger partial charge on any atom is -0.497 e. The van der Waals surface area contributed by atoms with Gasteiger partial charge >= 0.3 is 6.09 Å². The monoisotopic (exact) mass is 686 g/mol. The number of aromatic amines is 1. The van der Waals surface area contributed by atoms with E-state index >= 15 is 8.78 Å². The second-order valence-corrected chi connectivity index (χ2v) is 16.0. The number of hydrogen-bond donors (Lipinski definition) is 2. The lowest BCUT2D eigenvalue weighted by Gasteiger charge is -2.33. The molecule has 1 saturated heterocycles. The van der Waals surface area contributed by atoms with Crippen molar-refractivity contribution in [3.05, 3.63) is 34.2 Å². The number of ether oxygens (including phenoxy) is 2. The van der Waals surface area contributed by atoms with E-state index in [-0.39, 0.29) is 52.9 Å². The molecule has 1 aromatic carbocycles. The Hall–Kier alpha value is -3.57. The zero-order valence-electron chi connectivity index (χ0n) is 29.8. The van der Waals surface area contributed by atoms with Crippen molar-refractivity contribution in [1.29, 1.82) is 0 Å². The number of aromatic nitrogens is 2. The molecule has 5 rings (SSSR count). The Labute approximate surface area is 287 Å². The van der Waals surface area contributed by atoms with Gasteiger partial charge in [0, 0.05) is 24.9 Å². The van der Waals surface area contributed by atoms with E-state index in [4.69, 9.17) is 9.47 Å². The fourth-order valence-corrected chi connectivity index (χ4v) is 7.93. The highest BCUT2D eigenvalue weighted by Gasteiger charge is 2.54. The minimum atomic E-state index is -3.41. The maximum atomic E-state index is 15.2. The Morgan fingerprint density at radius 2 is 1.88 bits per heavy atom. The van der Waals surface area contributed by atoms with Crippen molar-refractivity contribution < 1.29 is 32.6 Å². The smallest absolute Gasteiger partial charge is 0.408 e. The normalized spacial score (nSPS) is 25.7. The highest BCUT2D eigenvalue weighted by Crippen LogP contribution is 2.57. The van der Waals surface area contributed by atoms with Crippen LogP contribution in [0.4, 0.5) is 13.6 Å². The first-order valence-electron chi connectivity index (χ1n) is 17.8. The van der Waals surface area contributed by atoms with Crippen LogP contribution in [0.1, 0.15) is 98.6 Å². The van der Waals surface area contributed by atoms with Crippen molar-refractivity contribution in [3.63, 3.8) is 0 Å². The number of nitrogens with zero attached hydrogens (tertiary/aromatic N) is 2. The van der Waals surface area contributed by atoms with Crippen LogP contribution in [0.25, 0.3) is 11.0 Å². The predicted octanol–water partition coefficient (Wildman–Crippen LogP) is 6.60. The summed E-state index contributed by atoms with van der Waals surface area (Å²) in [5.41, 5.74) is -1.43. The van der Waals surface area contributed by atoms with E-state index in [1.807, 2.05) is 41.5 Å². The van der Waals surface area contributed by atoms with Crippen molar-refractivity contribution in [2.24, 2.45) is 35.0 Å². The van der Waals surface area contributed by atoms with Crippen LogP contribution < -0.4 is 15.6 Å². The second-order valence-electron chi connectivity index (χ2n) is 16.0. The van der Waals surface area contributed by atoms with Gasteiger partial charge in [0.05, 0.1) is 24.2 Å². The number of methoxy groups -OCH3 is 1. The Morgan fingerprint density at radius 3 is 2.55 bits per heavy atom. The van der Waals surface area contributed by atoms with Gasteiger partial charge in [0.2, 0.25) is 5.91 Å². The lowest BCUT2D eigenvalue weighted by atomic mass is 9.87. The quantitative estimate of drug-likeness (QED) is 0.227. The summed E-state index contributed by atoms with van der Waals surface area (Å²) < 4.78 is 41.6. The molecule has 0 radical (unpaired) electrons. The molecule has 2 heterocycles. The number of ketones is 1. The molecule has 2 amide bonds. The number of Topliss-reactive ketones (excluding diaryl/α,β-unsaturated/α-hetero) is 1. The zero-order chi connectivity index (χ0) is 35.8. The number of unbranched alkanes of at least 4 members (excludes halogenated alkanes) is 1. The molecule has 1 aliphatic heterocycles. The summed E-state index contributed by atoms with van der Waals surface area (Å²) in [6, 6.07) is 3.32. The van der Waals surface area contributed by atoms with Gasteiger partial charge in [-0.3, -0.25) is 14.4 Å². The molecule has 12 heteroatoms. The summed E-state index contributed by atoms with van der Waals surface area (Å²) in [5.74, 6) is -2.44. The van der Waals surface area contributed by atoms with Gasteiger partial charge in [-0.15, -0.1) is 0 Å². The highest BCUT2D eigenvalue weighted by atomic mass is 19.3. The number of rotatable bonds is 13. The van der Waals surface area contributed by atoms with Gasteiger partial charge in [0.25, 0.3) is 11.5 Å². The molecule has 10 nitrogen and oxygen atoms in total. The average Bonchev–Trinajstić information content (AvgIpc) is 3.55. The lowest BCUT2D eigenvalue weighted by Crippen LogP contribution is -2.54. The first-order valence-corrected chi connectivity index (χ1v) is 17.8. The second kappa shape index (κ2) is 14.3. The molecular weight excluding hydrogens is 634 g/mol. The summed E-state index contributed by atoms with van der Waals surface area (Å²) >= 11 is 0. The molecule has 2 aliphatic carbocycles. The molecule has 3 aliphatic rings.